The number of hydrogen-bond donors (Lipinski definition) is 1. The molecular weight excluding hydrogens is 344 g/mol. The van der Waals surface area contributed by atoms with Gasteiger partial charge in [-0.2, -0.15) is 0 Å². The van der Waals surface area contributed by atoms with E-state index in [0.717, 1.165) is 14.8 Å². The highest BCUT2D eigenvalue weighted by Gasteiger charge is 2.06. The second-order valence-electron chi connectivity index (χ2n) is 3.92. The molecule has 0 saturated heterocycles. The second-order valence-corrected chi connectivity index (χ2v) is 5.09. The van der Waals surface area contributed by atoms with Crippen molar-refractivity contribution in [2.75, 3.05) is 5.32 Å². The number of aryl methyl sites for hydroxylation is 1. The first-order valence-corrected chi connectivity index (χ1v) is 6.47. The van der Waals surface area contributed by atoms with Gasteiger partial charge in [-0.05, 0) is 71.5 Å². The van der Waals surface area contributed by atoms with Crippen LogP contribution in [0.3, 0.4) is 0 Å². The lowest BCUT2D eigenvalue weighted by Crippen LogP contribution is -2.11. The molecule has 0 spiro atoms. The molecule has 2 aromatic carbocycles. The summed E-state index contributed by atoms with van der Waals surface area (Å²) in [5.41, 5.74) is 2.33. The lowest BCUT2D eigenvalue weighted by molar-refractivity contribution is 0.102. The molecule has 2 nitrogen and oxygen atoms in total. The van der Waals surface area contributed by atoms with Gasteiger partial charge in [0.25, 0.3) is 5.91 Å². The third kappa shape index (κ3) is 3.07. The van der Waals surface area contributed by atoms with E-state index in [-0.39, 0.29) is 11.7 Å². The Kier molecular flexibility index (Phi) is 3.96. The molecule has 92 valence electrons. The van der Waals surface area contributed by atoms with Crippen molar-refractivity contribution in [2.45, 2.75) is 6.92 Å². The van der Waals surface area contributed by atoms with Crippen molar-refractivity contribution in [3.05, 3.63) is 63.0 Å². The minimum absolute atomic E-state index is 0.241. The molecule has 0 aliphatic heterocycles. The molecule has 0 aliphatic rings. The summed E-state index contributed by atoms with van der Waals surface area (Å²) >= 11 is 2.21. The number of hydrogen-bond acceptors (Lipinski definition) is 1. The van der Waals surface area contributed by atoms with E-state index >= 15 is 0 Å². The van der Waals surface area contributed by atoms with Crippen LogP contribution < -0.4 is 5.32 Å². The van der Waals surface area contributed by atoms with E-state index < -0.39 is 0 Å². The maximum absolute atomic E-state index is 12.7. The molecule has 1 amide bonds. The summed E-state index contributed by atoms with van der Waals surface area (Å²) in [4.78, 5) is 11.9. The first kappa shape index (κ1) is 13.0. The summed E-state index contributed by atoms with van der Waals surface area (Å²) in [5, 5.41) is 2.78. The number of carbonyl (C=O) groups is 1. The highest BCUT2D eigenvalue weighted by Crippen LogP contribution is 2.17. The Morgan fingerprint density at radius 1 is 1.17 bits per heavy atom. The summed E-state index contributed by atoms with van der Waals surface area (Å²) in [6, 6.07) is 11.2. The highest BCUT2D eigenvalue weighted by molar-refractivity contribution is 14.1. The minimum atomic E-state index is -0.351. The Bertz CT molecular complexity index is 581. The van der Waals surface area contributed by atoms with E-state index in [1.54, 1.807) is 0 Å². The Hall–Kier alpha value is -1.43. The SMILES string of the molecule is Cc1ccc(NC(=O)c2ccc(F)cc2)cc1I. The smallest absolute Gasteiger partial charge is 0.255 e. The molecule has 0 aromatic heterocycles. The van der Waals surface area contributed by atoms with Crippen molar-refractivity contribution in [3.8, 4) is 0 Å². The molecule has 0 heterocycles. The van der Waals surface area contributed by atoms with Crippen LogP contribution in [0, 0.1) is 16.3 Å². The van der Waals surface area contributed by atoms with Gasteiger partial charge in [0.15, 0.2) is 0 Å². The molecule has 0 radical (unpaired) electrons. The fourth-order valence-corrected chi connectivity index (χ4v) is 1.99. The molecule has 18 heavy (non-hydrogen) atoms. The van der Waals surface area contributed by atoms with Crippen LogP contribution in [0.1, 0.15) is 15.9 Å². The molecule has 2 aromatic rings. The molecule has 0 bridgehead atoms. The third-order valence-electron chi connectivity index (χ3n) is 2.54. The van der Waals surface area contributed by atoms with Crippen LogP contribution in [-0.4, -0.2) is 5.91 Å². The van der Waals surface area contributed by atoms with Crippen LogP contribution in [0.25, 0.3) is 0 Å². The second kappa shape index (κ2) is 5.48. The van der Waals surface area contributed by atoms with Crippen molar-refractivity contribution < 1.29 is 9.18 Å². The predicted molar refractivity (Wildman–Crippen MR) is 78.2 cm³/mol. The van der Waals surface area contributed by atoms with E-state index in [1.807, 2.05) is 25.1 Å². The zero-order chi connectivity index (χ0) is 13.1. The summed E-state index contributed by atoms with van der Waals surface area (Å²) in [5.74, 6) is -0.592. The van der Waals surface area contributed by atoms with Crippen LogP contribution in [-0.2, 0) is 0 Å². The molecule has 0 unspecified atom stereocenters. The summed E-state index contributed by atoms with van der Waals surface area (Å²) in [6.07, 6.45) is 0. The van der Waals surface area contributed by atoms with E-state index in [2.05, 4.69) is 27.9 Å². The Morgan fingerprint density at radius 2 is 1.83 bits per heavy atom. The highest BCUT2D eigenvalue weighted by atomic mass is 127. The van der Waals surface area contributed by atoms with Gasteiger partial charge in [0.2, 0.25) is 0 Å². The first-order chi connectivity index (χ1) is 8.56. The molecule has 0 fully saturated rings. The van der Waals surface area contributed by atoms with Gasteiger partial charge < -0.3 is 5.32 Å². The fourth-order valence-electron chi connectivity index (χ4n) is 1.48. The fraction of sp³-hybridized carbons (Fsp3) is 0.0714. The summed E-state index contributed by atoms with van der Waals surface area (Å²) in [7, 11) is 0. The largest absolute Gasteiger partial charge is 0.322 e. The zero-order valence-electron chi connectivity index (χ0n) is 9.71. The normalized spacial score (nSPS) is 10.2. The van der Waals surface area contributed by atoms with Gasteiger partial charge in [-0.25, -0.2) is 4.39 Å². The number of rotatable bonds is 2. The number of benzene rings is 2. The van der Waals surface area contributed by atoms with Crippen LogP contribution in [0.5, 0.6) is 0 Å². The standard InChI is InChI=1S/C14H11FINO/c1-9-2-7-12(8-13(9)16)17-14(18)10-3-5-11(15)6-4-10/h2-8H,1H3,(H,17,18). The van der Waals surface area contributed by atoms with Crippen LogP contribution in [0.4, 0.5) is 10.1 Å². The maximum atomic E-state index is 12.7. The first-order valence-electron chi connectivity index (χ1n) is 5.39. The van der Waals surface area contributed by atoms with Gasteiger partial charge in [-0.3, -0.25) is 4.79 Å². The predicted octanol–water partition coefficient (Wildman–Crippen LogP) is 3.99. The number of anilines is 1. The monoisotopic (exact) mass is 355 g/mol. The van der Waals surface area contributed by atoms with Gasteiger partial charge in [-0.1, -0.05) is 6.07 Å². The van der Waals surface area contributed by atoms with Crippen molar-refractivity contribution in [2.24, 2.45) is 0 Å². The molecular formula is C14H11FINO. The molecule has 1 N–H and O–H groups in total. The van der Waals surface area contributed by atoms with Crippen LogP contribution in [0.2, 0.25) is 0 Å². The average Bonchev–Trinajstić information content (AvgIpc) is 2.34. The van der Waals surface area contributed by atoms with E-state index in [9.17, 15) is 9.18 Å². The molecule has 4 heteroatoms. The molecule has 2 rings (SSSR count). The van der Waals surface area contributed by atoms with Gasteiger partial charge in [-0.15, -0.1) is 0 Å². The average molecular weight is 355 g/mol. The number of carbonyl (C=O) groups excluding carboxylic acids is 1. The molecule has 0 atom stereocenters. The Labute approximate surface area is 118 Å². The topological polar surface area (TPSA) is 29.1 Å². The maximum Gasteiger partial charge on any atom is 0.255 e. The lowest BCUT2D eigenvalue weighted by Gasteiger charge is -2.07. The van der Waals surface area contributed by atoms with Gasteiger partial charge in [0.1, 0.15) is 5.82 Å². The summed E-state index contributed by atoms with van der Waals surface area (Å²) in [6.45, 7) is 2.01. The van der Waals surface area contributed by atoms with Crippen molar-refractivity contribution >= 4 is 34.2 Å². The van der Waals surface area contributed by atoms with E-state index in [0.29, 0.717) is 5.56 Å². The summed E-state index contributed by atoms with van der Waals surface area (Å²) < 4.78 is 13.8. The number of nitrogens with one attached hydrogen (secondary N) is 1. The zero-order valence-corrected chi connectivity index (χ0v) is 11.9. The van der Waals surface area contributed by atoms with Crippen molar-refractivity contribution in [1.82, 2.24) is 0 Å². The van der Waals surface area contributed by atoms with Crippen LogP contribution in [0.15, 0.2) is 42.5 Å². The van der Waals surface area contributed by atoms with E-state index in [1.165, 1.54) is 24.3 Å². The van der Waals surface area contributed by atoms with Crippen LogP contribution >= 0.6 is 22.6 Å². The number of amides is 1. The van der Waals surface area contributed by atoms with Gasteiger partial charge in [0.05, 0.1) is 0 Å². The quantitative estimate of drug-likeness (QED) is 0.811. The van der Waals surface area contributed by atoms with Crippen molar-refractivity contribution in [3.63, 3.8) is 0 Å². The Morgan fingerprint density at radius 3 is 2.44 bits per heavy atom. The molecule has 0 aliphatic carbocycles. The van der Waals surface area contributed by atoms with E-state index in [4.69, 9.17) is 0 Å². The third-order valence-corrected chi connectivity index (χ3v) is 3.70. The van der Waals surface area contributed by atoms with Crippen molar-refractivity contribution in [1.29, 1.82) is 0 Å². The minimum Gasteiger partial charge on any atom is -0.322 e. The number of halogens is 2. The lowest BCUT2D eigenvalue weighted by atomic mass is 10.2. The van der Waals surface area contributed by atoms with Gasteiger partial charge >= 0.3 is 0 Å². The molecule has 0 saturated carbocycles. The Balaban J connectivity index is 2.16. The van der Waals surface area contributed by atoms with Gasteiger partial charge in [0, 0.05) is 14.8 Å².